The maximum Gasteiger partial charge on any atom is 0.311 e. The molecule has 8 nitrogen and oxygen atoms in total. The molecule has 1 heterocycles. The molecular weight excluding hydrogens is 398 g/mol. The summed E-state index contributed by atoms with van der Waals surface area (Å²) in [5.74, 6) is -2.59. The summed E-state index contributed by atoms with van der Waals surface area (Å²) in [6.45, 7) is 3.32. The Balaban J connectivity index is 2.31. The van der Waals surface area contributed by atoms with Crippen molar-refractivity contribution in [1.29, 1.82) is 10.7 Å². The lowest BCUT2D eigenvalue weighted by molar-refractivity contribution is -0.159. The number of unbranched alkanes of at least 4 members (excludes halogenated alkanes) is 1. The van der Waals surface area contributed by atoms with Gasteiger partial charge in [-0.25, -0.2) is 0 Å². The Bertz CT molecular complexity index is 876. The lowest BCUT2D eigenvalue weighted by atomic mass is 9.83. The van der Waals surface area contributed by atoms with Crippen LogP contribution in [0.25, 0.3) is 0 Å². The first-order chi connectivity index (χ1) is 14.8. The molecule has 1 aromatic carbocycles. The van der Waals surface area contributed by atoms with Crippen LogP contribution in [-0.2, 0) is 19.1 Å². The predicted molar refractivity (Wildman–Crippen MR) is 114 cm³/mol. The molecule has 1 N–H and O–H groups in total. The molecule has 0 unspecified atom stereocenters. The molecule has 1 aromatic rings. The van der Waals surface area contributed by atoms with E-state index in [1.807, 2.05) is 25.1 Å². The molecule has 0 aliphatic carbocycles. The Morgan fingerprint density at radius 3 is 2.68 bits per heavy atom. The van der Waals surface area contributed by atoms with Gasteiger partial charge in [-0.1, -0.05) is 31.5 Å². The minimum Gasteiger partial charge on any atom is -0.496 e. The molecule has 166 valence electrons. The number of nitriles is 1. The van der Waals surface area contributed by atoms with Crippen molar-refractivity contribution >= 4 is 23.4 Å². The van der Waals surface area contributed by atoms with E-state index in [0.717, 1.165) is 12.8 Å². The molecular formula is C23H29N3O5. The monoisotopic (exact) mass is 427 g/mol. The summed E-state index contributed by atoms with van der Waals surface area (Å²) in [5, 5.41) is 16.6. The first-order valence-corrected chi connectivity index (χ1v) is 10.4. The minimum absolute atomic E-state index is 0.0338. The zero-order valence-corrected chi connectivity index (χ0v) is 18.2. The smallest absolute Gasteiger partial charge is 0.311 e. The second-order valence-electron chi connectivity index (χ2n) is 7.59. The summed E-state index contributed by atoms with van der Waals surface area (Å²) in [4.78, 5) is 39.6. The van der Waals surface area contributed by atoms with Gasteiger partial charge in [0.1, 0.15) is 11.7 Å². The Hall–Kier alpha value is -3.21. The van der Waals surface area contributed by atoms with Crippen LogP contribution in [0.5, 0.6) is 5.75 Å². The summed E-state index contributed by atoms with van der Waals surface area (Å²) < 4.78 is 10.8. The summed E-state index contributed by atoms with van der Waals surface area (Å²) >= 11 is 0. The van der Waals surface area contributed by atoms with Crippen molar-refractivity contribution in [3.63, 3.8) is 0 Å². The lowest BCUT2D eigenvalue weighted by Crippen LogP contribution is -2.46. The van der Waals surface area contributed by atoms with E-state index in [2.05, 4.69) is 0 Å². The van der Waals surface area contributed by atoms with E-state index < -0.39 is 36.2 Å². The Morgan fingerprint density at radius 2 is 2.06 bits per heavy atom. The van der Waals surface area contributed by atoms with Crippen molar-refractivity contribution in [2.24, 2.45) is 11.8 Å². The number of piperidine rings is 1. The van der Waals surface area contributed by atoms with Gasteiger partial charge in [-0.2, -0.15) is 5.26 Å². The number of ether oxygens (including phenoxy) is 2. The number of carbonyl (C=O) groups excluding carboxylic acids is 3. The van der Waals surface area contributed by atoms with Crippen molar-refractivity contribution in [1.82, 2.24) is 4.90 Å². The SMILES string of the molecule is CCCCN1C(=O)CC[C@@H](C(=O)OCC(=O)[C@H](C#N)C(C)=N)[C@@H]1c1ccccc1OC. The van der Waals surface area contributed by atoms with Crippen LogP contribution >= 0.6 is 0 Å². The molecule has 31 heavy (non-hydrogen) atoms. The Kier molecular flexibility index (Phi) is 8.74. The number of methoxy groups -OCH3 is 1. The largest absolute Gasteiger partial charge is 0.496 e. The van der Waals surface area contributed by atoms with Gasteiger partial charge in [0, 0.05) is 24.2 Å². The van der Waals surface area contributed by atoms with Gasteiger partial charge in [-0.15, -0.1) is 0 Å². The quantitative estimate of drug-likeness (QED) is 0.452. The summed E-state index contributed by atoms with van der Waals surface area (Å²) in [6.07, 6.45) is 2.19. The van der Waals surface area contributed by atoms with Crippen LogP contribution in [-0.4, -0.2) is 48.5 Å². The van der Waals surface area contributed by atoms with Crippen molar-refractivity contribution in [3.05, 3.63) is 29.8 Å². The van der Waals surface area contributed by atoms with E-state index in [9.17, 15) is 14.4 Å². The van der Waals surface area contributed by atoms with E-state index in [1.54, 1.807) is 17.0 Å². The van der Waals surface area contributed by atoms with Gasteiger partial charge >= 0.3 is 5.97 Å². The van der Waals surface area contributed by atoms with Crippen molar-refractivity contribution in [2.45, 2.75) is 45.6 Å². The van der Waals surface area contributed by atoms with Gasteiger partial charge in [-0.3, -0.25) is 14.4 Å². The number of hydrogen-bond donors (Lipinski definition) is 1. The average molecular weight is 428 g/mol. The highest BCUT2D eigenvalue weighted by molar-refractivity contribution is 6.06. The topological polar surface area (TPSA) is 121 Å². The lowest BCUT2D eigenvalue weighted by Gasteiger charge is -2.40. The van der Waals surface area contributed by atoms with E-state index in [0.29, 0.717) is 24.3 Å². The van der Waals surface area contributed by atoms with Gasteiger partial charge in [0.25, 0.3) is 0 Å². The molecule has 0 saturated carbocycles. The molecule has 1 aliphatic rings. The maximum atomic E-state index is 13.0. The minimum atomic E-state index is -1.23. The third-order valence-electron chi connectivity index (χ3n) is 5.46. The number of amides is 1. The fourth-order valence-electron chi connectivity index (χ4n) is 3.83. The Labute approximate surface area is 182 Å². The summed E-state index contributed by atoms with van der Waals surface area (Å²) in [7, 11) is 1.54. The fourth-order valence-corrected chi connectivity index (χ4v) is 3.83. The van der Waals surface area contributed by atoms with E-state index >= 15 is 0 Å². The molecule has 1 saturated heterocycles. The summed E-state index contributed by atoms with van der Waals surface area (Å²) in [6, 6.07) is 8.44. The first kappa shape index (κ1) is 24.1. The molecule has 8 heteroatoms. The molecule has 0 aromatic heterocycles. The van der Waals surface area contributed by atoms with Crippen LogP contribution in [0.4, 0.5) is 0 Å². The predicted octanol–water partition coefficient (Wildman–Crippen LogP) is 3.07. The molecule has 2 rings (SSSR count). The Morgan fingerprint density at radius 1 is 1.35 bits per heavy atom. The summed E-state index contributed by atoms with van der Waals surface area (Å²) in [5.41, 5.74) is 0.622. The van der Waals surface area contributed by atoms with E-state index in [4.69, 9.17) is 20.1 Å². The molecule has 1 aliphatic heterocycles. The van der Waals surface area contributed by atoms with E-state index in [1.165, 1.54) is 14.0 Å². The van der Waals surface area contributed by atoms with Gasteiger partial charge in [-0.05, 0) is 25.8 Å². The highest BCUT2D eigenvalue weighted by Gasteiger charge is 2.42. The number of carbonyl (C=O) groups is 3. The second-order valence-corrected chi connectivity index (χ2v) is 7.59. The highest BCUT2D eigenvalue weighted by Crippen LogP contribution is 2.41. The molecule has 0 bridgehead atoms. The van der Waals surface area contributed by atoms with Crippen LogP contribution in [0, 0.1) is 28.6 Å². The van der Waals surface area contributed by atoms with Crippen LogP contribution in [0.3, 0.4) is 0 Å². The third-order valence-corrected chi connectivity index (χ3v) is 5.46. The normalized spacial score (nSPS) is 19.3. The number of Topliss-reactive ketones (excluding diaryl/α,β-unsaturated/α-hetero) is 1. The number of hydrogen-bond acceptors (Lipinski definition) is 7. The number of para-hydroxylation sites is 1. The number of nitrogens with zero attached hydrogens (tertiary/aromatic N) is 2. The van der Waals surface area contributed by atoms with Crippen LogP contribution < -0.4 is 4.74 Å². The standard InChI is InChI=1S/C23H29N3O5/c1-4-5-12-26-21(28)11-10-17(22(26)16-8-6-7-9-20(16)30-3)23(29)31-14-19(27)18(13-24)15(2)25/h6-9,17-18,22,25H,4-5,10-12,14H2,1-3H3/t17-,18-,22+/m1/s1. The number of nitrogens with one attached hydrogen (secondary N) is 1. The van der Waals surface area contributed by atoms with Gasteiger partial charge in [0.05, 0.1) is 25.1 Å². The van der Waals surface area contributed by atoms with Gasteiger partial charge < -0.3 is 19.8 Å². The van der Waals surface area contributed by atoms with Crippen LogP contribution in [0.15, 0.2) is 24.3 Å². The zero-order valence-electron chi connectivity index (χ0n) is 18.2. The fraction of sp³-hybridized carbons (Fsp3) is 0.522. The molecule has 1 fully saturated rings. The number of likely N-dealkylation sites (tertiary alicyclic amines) is 1. The zero-order chi connectivity index (χ0) is 23.0. The molecule has 3 atom stereocenters. The van der Waals surface area contributed by atoms with Crippen LogP contribution in [0.1, 0.15) is 51.1 Å². The van der Waals surface area contributed by atoms with Crippen molar-refractivity contribution in [3.8, 4) is 11.8 Å². The molecule has 0 radical (unpaired) electrons. The van der Waals surface area contributed by atoms with Gasteiger partial charge in [0.15, 0.2) is 12.4 Å². The molecule has 0 spiro atoms. The number of benzene rings is 1. The number of ketones is 1. The average Bonchev–Trinajstić information content (AvgIpc) is 2.76. The van der Waals surface area contributed by atoms with Crippen LogP contribution in [0.2, 0.25) is 0 Å². The first-order valence-electron chi connectivity index (χ1n) is 10.4. The highest BCUT2D eigenvalue weighted by atomic mass is 16.5. The molecule has 1 amide bonds. The van der Waals surface area contributed by atoms with Crippen molar-refractivity contribution in [2.75, 3.05) is 20.3 Å². The number of rotatable bonds is 10. The van der Waals surface area contributed by atoms with Gasteiger partial charge in [0.2, 0.25) is 5.91 Å². The third kappa shape index (κ3) is 5.69. The second kappa shape index (κ2) is 11.3. The van der Waals surface area contributed by atoms with E-state index in [-0.39, 0.29) is 18.0 Å². The maximum absolute atomic E-state index is 13.0. The number of esters is 1. The van der Waals surface area contributed by atoms with Crippen molar-refractivity contribution < 1.29 is 23.9 Å².